The fraction of sp³-hybridized carbons (Fsp3) is 0.120. The lowest BCUT2D eigenvalue weighted by molar-refractivity contribution is -0.276. The molecule has 0 amide bonds. The van der Waals surface area contributed by atoms with Crippen LogP contribution in [0.1, 0.15) is 23.1 Å². The first-order valence-electron chi connectivity index (χ1n) is 9.32. The topological polar surface area (TPSA) is 9.23 Å². The lowest BCUT2D eigenvalue weighted by Crippen LogP contribution is -2.19. The second kappa shape index (κ2) is 9.48. The van der Waals surface area contributed by atoms with E-state index in [0.29, 0.717) is 11.1 Å². The van der Waals surface area contributed by atoms with Crippen molar-refractivity contribution in [1.82, 2.24) is 0 Å². The van der Waals surface area contributed by atoms with Gasteiger partial charge in [0, 0.05) is 11.1 Å². The zero-order chi connectivity index (χ0) is 22.4. The number of hydrogen-bond acceptors (Lipinski definition) is 1. The van der Waals surface area contributed by atoms with Gasteiger partial charge in [0.05, 0.1) is 0 Å². The first-order chi connectivity index (χ1) is 14.7. The molecule has 3 aromatic rings. The third kappa shape index (κ3) is 6.19. The molecule has 6 heteroatoms. The minimum absolute atomic E-state index is 0.0825. The Balaban J connectivity index is 1.75. The standard InChI is InChI=1S/C25H17F5O/c1-2-3-4-17-5-7-18(8-6-17)9-10-19-11-13-20(14-12-19)21-15-22(26)24(23(27)16-21)31-25(28,29)30/h2,5-8,11-16H,1,3-4H2. The first-order valence-corrected chi connectivity index (χ1v) is 9.32. The quantitative estimate of drug-likeness (QED) is 0.240. The van der Waals surface area contributed by atoms with Gasteiger partial charge in [0.1, 0.15) is 0 Å². The third-order valence-corrected chi connectivity index (χ3v) is 4.38. The van der Waals surface area contributed by atoms with Gasteiger partial charge in [-0.1, -0.05) is 42.2 Å². The summed E-state index contributed by atoms with van der Waals surface area (Å²) in [6.07, 6.45) is -1.49. The number of ether oxygens (including phenoxy) is 1. The first kappa shape index (κ1) is 22.1. The molecule has 31 heavy (non-hydrogen) atoms. The molecule has 0 bridgehead atoms. The van der Waals surface area contributed by atoms with Gasteiger partial charge in [0.25, 0.3) is 0 Å². The fourth-order valence-corrected chi connectivity index (χ4v) is 2.85. The van der Waals surface area contributed by atoms with E-state index < -0.39 is 23.7 Å². The second-order valence-corrected chi connectivity index (χ2v) is 6.67. The van der Waals surface area contributed by atoms with Crippen molar-refractivity contribution >= 4 is 0 Å². The molecule has 0 atom stereocenters. The summed E-state index contributed by atoms with van der Waals surface area (Å²) in [5, 5.41) is 0. The van der Waals surface area contributed by atoms with E-state index >= 15 is 0 Å². The van der Waals surface area contributed by atoms with Crippen LogP contribution in [0.2, 0.25) is 0 Å². The Morgan fingerprint density at radius 2 is 1.32 bits per heavy atom. The van der Waals surface area contributed by atoms with E-state index in [2.05, 4.69) is 23.2 Å². The number of benzene rings is 3. The number of alkyl halides is 3. The van der Waals surface area contributed by atoms with Crippen molar-refractivity contribution in [3.05, 3.63) is 102 Å². The second-order valence-electron chi connectivity index (χ2n) is 6.67. The molecule has 0 saturated carbocycles. The van der Waals surface area contributed by atoms with Crippen LogP contribution in [0.3, 0.4) is 0 Å². The van der Waals surface area contributed by atoms with Gasteiger partial charge in [-0.05, 0) is 65.9 Å². The fourth-order valence-electron chi connectivity index (χ4n) is 2.85. The van der Waals surface area contributed by atoms with Crippen LogP contribution < -0.4 is 4.74 Å². The molecule has 0 aliphatic carbocycles. The maximum atomic E-state index is 13.9. The molecule has 1 nitrogen and oxygen atoms in total. The van der Waals surface area contributed by atoms with E-state index in [0.717, 1.165) is 30.5 Å². The van der Waals surface area contributed by atoms with Crippen molar-refractivity contribution in [2.75, 3.05) is 0 Å². The molecule has 0 aromatic heterocycles. The summed E-state index contributed by atoms with van der Waals surface area (Å²) in [6.45, 7) is 3.70. The van der Waals surface area contributed by atoms with E-state index in [1.807, 2.05) is 30.3 Å². The zero-order valence-electron chi connectivity index (χ0n) is 16.3. The molecule has 0 unspecified atom stereocenters. The summed E-state index contributed by atoms with van der Waals surface area (Å²) in [4.78, 5) is 0. The Labute approximate surface area is 176 Å². The van der Waals surface area contributed by atoms with Crippen LogP contribution in [0.4, 0.5) is 22.0 Å². The van der Waals surface area contributed by atoms with Gasteiger partial charge in [-0.15, -0.1) is 19.8 Å². The van der Waals surface area contributed by atoms with E-state index in [4.69, 9.17) is 0 Å². The van der Waals surface area contributed by atoms with Crippen LogP contribution in [-0.4, -0.2) is 6.36 Å². The molecule has 0 heterocycles. The molecule has 0 spiro atoms. The molecular weight excluding hydrogens is 411 g/mol. The number of allylic oxidation sites excluding steroid dienone is 1. The van der Waals surface area contributed by atoms with Gasteiger partial charge in [-0.2, -0.15) is 0 Å². The Morgan fingerprint density at radius 1 is 0.806 bits per heavy atom. The summed E-state index contributed by atoms with van der Waals surface area (Å²) in [5.41, 5.74) is 3.22. The van der Waals surface area contributed by atoms with Gasteiger partial charge < -0.3 is 4.74 Å². The summed E-state index contributed by atoms with van der Waals surface area (Å²) >= 11 is 0. The number of hydrogen-bond donors (Lipinski definition) is 0. The highest BCUT2D eigenvalue weighted by Gasteiger charge is 2.34. The Kier molecular flexibility index (Phi) is 6.76. The zero-order valence-corrected chi connectivity index (χ0v) is 16.3. The Morgan fingerprint density at radius 3 is 1.81 bits per heavy atom. The van der Waals surface area contributed by atoms with Crippen LogP contribution in [0, 0.1) is 23.5 Å². The van der Waals surface area contributed by atoms with Crippen LogP contribution in [0.15, 0.2) is 73.3 Å². The van der Waals surface area contributed by atoms with Crippen molar-refractivity contribution in [3.63, 3.8) is 0 Å². The van der Waals surface area contributed by atoms with Gasteiger partial charge in [-0.3, -0.25) is 0 Å². The summed E-state index contributed by atoms with van der Waals surface area (Å²) in [5.74, 6) is 1.69. The van der Waals surface area contributed by atoms with Gasteiger partial charge in [0.15, 0.2) is 11.6 Å². The van der Waals surface area contributed by atoms with E-state index in [-0.39, 0.29) is 5.56 Å². The summed E-state index contributed by atoms with van der Waals surface area (Å²) in [6, 6.07) is 15.9. The Hall–Kier alpha value is -3.59. The monoisotopic (exact) mass is 428 g/mol. The van der Waals surface area contributed by atoms with Crippen LogP contribution in [0.5, 0.6) is 5.75 Å². The molecule has 0 radical (unpaired) electrons. The van der Waals surface area contributed by atoms with Crippen molar-refractivity contribution in [2.45, 2.75) is 19.2 Å². The molecule has 0 saturated heterocycles. The van der Waals surface area contributed by atoms with Crippen molar-refractivity contribution in [3.8, 4) is 28.7 Å². The van der Waals surface area contributed by atoms with Gasteiger partial charge in [-0.25, -0.2) is 8.78 Å². The maximum Gasteiger partial charge on any atom is 0.573 e. The highest BCUT2D eigenvalue weighted by molar-refractivity contribution is 5.65. The molecule has 0 N–H and O–H groups in total. The highest BCUT2D eigenvalue weighted by Crippen LogP contribution is 2.32. The van der Waals surface area contributed by atoms with Crippen molar-refractivity contribution in [1.29, 1.82) is 0 Å². The number of rotatable bonds is 5. The van der Waals surface area contributed by atoms with Crippen LogP contribution >= 0.6 is 0 Å². The SMILES string of the molecule is C=CCCc1ccc(C#Cc2ccc(-c3cc(F)c(OC(F)(F)F)c(F)c3)cc2)cc1. The predicted octanol–water partition coefficient (Wildman–Crippen LogP) is 7.05. The number of halogens is 5. The Bertz CT molecular complexity index is 1090. The largest absolute Gasteiger partial charge is 0.573 e. The lowest BCUT2D eigenvalue weighted by atomic mass is 10.0. The van der Waals surface area contributed by atoms with Gasteiger partial charge >= 0.3 is 6.36 Å². The molecule has 0 fully saturated rings. The molecule has 0 aliphatic rings. The lowest BCUT2D eigenvalue weighted by Gasteiger charge is -2.12. The van der Waals surface area contributed by atoms with Crippen molar-refractivity contribution in [2.24, 2.45) is 0 Å². The molecule has 0 aliphatic heterocycles. The molecule has 3 aromatic carbocycles. The normalized spacial score (nSPS) is 10.9. The molecule has 158 valence electrons. The predicted molar refractivity (Wildman–Crippen MR) is 109 cm³/mol. The van der Waals surface area contributed by atoms with Gasteiger partial charge in [0.2, 0.25) is 5.75 Å². The summed E-state index contributed by atoms with van der Waals surface area (Å²) < 4.78 is 68.0. The average molecular weight is 428 g/mol. The smallest absolute Gasteiger partial charge is 0.399 e. The van der Waals surface area contributed by atoms with Crippen LogP contribution in [0.25, 0.3) is 11.1 Å². The minimum atomic E-state index is -5.19. The van der Waals surface area contributed by atoms with Crippen LogP contribution in [-0.2, 0) is 6.42 Å². The van der Waals surface area contributed by atoms with Crippen molar-refractivity contribution < 1.29 is 26.7 Å². The van der Waals surface area contributed by atoms with E-state index in [1.54, 1.807) is 24.3 Å². The molecule has 3 rings (SSSR count). The summed E-state index contributed by atoms with van der Waals surface area (Å²) in [7, 11) is 0. The minimum Gasteiger partial charge on any atom is -0.399 e. The highest BCUT2D eigenvalue weighted by atomic mass is 19.4. The van der Waals surface area contributed by atoms with E-state index in [1.165, 1.54) is 5.56 Å². The number of aryl methyl sites for hydroxylation is 1. The van der Waals surface area contributed by atoms with E-state index in [9.17, 15) is 22.0 Å². The third-order valence-electron chi connectivity index (χ3n) is 4.38. The average Bonchev–Trinajstić information content (AvgIpc) is 2.73. The molecular formula is C25H17F5O. The maximum absolute atomic E-state index is 13.9.